The van der Waals surface area contributed by atoms with Crippen LogP contribution in [-0.4, -0.2) is 60.5 Å². The molecule has 12 nitrogen and oxygen atoms in total. The van der Waals surface area contributed by atoms with Crippen LogP contribution in [-0.2, 0) is 21.4 Å². The first-order valence-corrected chi connectivity index (χ1v) is 9.73. The molecule has 0 saturated carbocycles. The van der Waals surface area contributed by atoms with E-state index in [2.05, 4.69) is 20.9 Å². The van der Waals surface area contributed by atoms with E-state index in [1.807, 2.05) is 0 Å². The van der Waals surface area contributed by atoms with E-state index >= 15 is 0 Å². The number of urea groups is 1. The predicted octanol–water partition coefficient (Wildman–Crippen LogP) is -0.271. The zero-order chi connectivity index (χ0) is 21.0. The molecule has 0 aliphatic heterocycles. The molecule has 3 rings (SSSR count). The van der Waals surface area contributed by atoms with E-state index in [0.717, 1.165) is 9.15 Å². The van der Waals surface area contributed by atoms with Crippen molar-refractivity contribution in [1.82, 2.24) is 30.1 Å². The molecule has 3 aromatic rings. The lowest BCUT2D eigenvalue weighted by molar-refractivity contribution is -0.125. The van der Waals surface area contributed by atoms with Crippen molar-refractivity contribution in [3.8, 4) is 0 Å². The second-order valence-electron chi connectivity index (χ2n) is 5.98. The molecule has 1 aromatic carbocycles. The zero-order valence-corrected chi connectivity index (χ0v) is 16.3. The second kappa shape index (κ2) is 8.28. The molecule has 3 amide bonds. The standard InChI is InChI=1S/C16H18N6O6S/c1-21(2)29(25,26)12-5-6-13-14(8-12)22(20-19-13)28-10-15(23)18-16(24)17-9-11-4-3-7-27-11/h3-8H,9-10H2,1-2H3,(H2,17,18,23,24). The van der Waals surface area contributed by atoms with Gasteiger partial charge in [-0.1, -0.05) is 4.85 Å². The molecule has 0 radical (unpaired) electrons. The van der Waals surface area contributed by atoms with E-state index < -0.39 is 28.6 Å². The number of imide groups is 1. The molecule has 0 saturated heterocycles. The fourth-order valence-corrected chi connectivity index (χ4v) is 3.17. The average molecular weight is 422 g/mol. The fourth-order valence-electron chi connectivity index (χ4n) is 2.25. The highest BCUT2D eigenvalue weighted by molar-refractivity contribution is 7.89. The van der Waals surface area contributed by atoms with Gasteiger partial charge in [0.15, 0.2) is 6.61 Å². The highest BCUT2D eigenvalue weighted by Crippen LogP contribution is 2.18. The molecule has 2 heterocycles. The number of nitrogens with one attached hydrogen (secondary N) is 2. The summed E-state index contributed by atoms with van der Waals surface area (Å²) >= 11 is 0. The molecule has 0 fully saturated rings. The summed E-state index contributed by atoms with van der Waals surface area (Å²) in [5.41, 5.74) is 0.627. The molecule has 0 aliphatic carbocycles. The van der Waals surface area contributed by atoms with Gasteiger partial charge >= 0.3 is 6.03 Å². The van der Waals surface area contributed by atoms with Gasteiger partial charge in [-0.05, 0) is 35.5 Å². The Morgan fingerprint density at radius 2 is 2.07 bits per heavy atom. The summed E-state index contributed by atoms with van der Waals surface area (Å²) in [7, 11) is -0.847. The van der Waals surface area contributed by atoms with Crippen LogP contribution in [0.2, 0.25) is 0 Å². The number of sulfonamides is 1. The van der Waals surface area contributed by atoms with Crippen molar-refractivity contribution in [2.75, 3.05) is 20.7 Å². The van der Waals surface area contributed by atoms with Gasteiger partial charge in [-0.2, -0.15) is 0 Å². The SMILES string of the molecule is CN(C)S(=O)(=O)c1ccc2nnn(OCC(=O)NC(=O)NCc3ccco3)c2c1. The Hall–Kier alpha value is -3.45. The van der Waals surface area contributed by atoms with E-state index in [9.17, 15) is 18.0 Å². The minimum atomic E-state index is -3.67. The highest BCUT2D eigenvalue weighted by Gasteiger charge is 2.19. The van der Waals surface area contributed by atoms with Crippen LogP contribution >= 0.6 is 0 Å². The summed E-state index contributed by atoms with van der Waals surface area (Å²) in [5.74, 6) is -0.205. The molecule has 2 N–H and O–H groups in total. The lowest BCUT2D eigenvalue weighted by atomic mass is 10.3. The molecule has 29 heavy (non-hydrogen) atoms. The summed E-state index contributed by atoms with van der Waals surface area (Å²) < 4.78 is 30.7. The van der Waals surface area contributed by atoms with Crippen LogP contribution in [0.25, 0.3) is 11.0 Å². The first-order chi connectivity index (χ1) is 13.8. The van der Waals surface area contributed by atoms with Crippen LogP contribution in [0.5, 0.6) is 0 Å². The Morgan fingerprint density at radius 1 is 1.28 bits per heavy atom. The Bertz CT molecular complexity index is 1120. The van der Waals surface area contributed by atoms with Gasteiger partial charge < -0.3 is 14.6 Å². The van der Waals surface area contributed by atoms with E-state index in [0.29, 0.717) is 11.3 Å². The molecule has 13 heteroatoms. The molecule has 154 valence electrons. The quantitative estimate of drug-likeness (QED) is 0.528. The molecule has 0 atom stereocenters. The van der Waals surface area contributed by atoms with Crippen LogP contribution < -0.4 is 15.5 Å². The van der Waals surface area contributed by atoms with Crippen LogP contribution in [0.15, 0.2) is 45.9 Å². The number of aromatic nitrogens is 3. The molecule has 2 aromatic heterocycles. The number of hydrogen-bond donors (Lipinski definition) is 2. The van der Waals surface area contributed by atoms with Crippen LogP contribution in [0.1, 0.15) is 5.76 Å². The Kier molecular flexibility index (Phi) is 5.79. The van der Waals surface area contributed by atoms with E-state index in [4.69, 9.17) is 9.25 Å². The summed E-state index contributed by atoms with van der Waals surface area (Å²) in [4.78, 5) is 29.7. The number of fused-ring (bicyclic) bond motifs is 1. The minimum Gasteiger partial charge on any atom is -0.467 e. The number of rotatable bonds is 7. The van der Waals surface area contributed by atoms with Gasteiger partial charge in [0.2, 0.25) is 10.0 Å². The van der Waals surface area contributed by atoms with Crippen molar-refractivity contribution in [2.45, 2.75) is 11.4 Å². The maximum absolute atomic E-state index is 12.3. The van der Waals surface area contributed by atoms with Crippen molar-refractivity contribution >= 4 is 33.0 Å². The molecule has 0 unspecified atom stereocenters. The number of carbonyl (C=O) groups is 2. The molecule has 0 bridgehead atoms. The number of hydrogen-bond acceptors (Lipinski definition) is 8. The van der Waals surface area contributed by atoms with E-state index in [1.165, 1.54) is 38.6 Å². The van der Waals surface area contributed by atoms with Crippen LogP contribution in [0.4, 0.5) is 4.79 Å². The summed E-state index contributed by atoms with van der Waals surface area (Å²) in [6, 6.07) is 6.82. The van der Waals surface area contributed by atoms with Gasteiger partial charge in [-0.15, -0.1) is 5.10 Å². The van der Waals surface area contributed by atoms with Gasteiger partial charge in [-0.25, -0.2) is 17.5 Å². The first kappa shape index (κ1) is 20.3. The minimum absolute atomic E-state index is 0.0175. The van der Waals surface area contributed by atoms with Crippen molar-refractivity contribution in [2.24, 2.45) is 0 Å². The third-order valence-electron chi connectivity index (χ3n) is 3.74. The number of nitrogens with zero attached hydrogens (tertiary/aromatic N) is 4. The summed E-state index contributed by atoms with van der Waals surface area (Å²) in [6.45, 7) is -0.429. The third-order valence-corrected chi connectivity index (χ3v) is 5.55. The maximum Gasteiger partial charge on any atom is 0.321 e. The fraction of sp³-hybridized carbons (Fsp3) is 0.250. The third kappa shape index (κ3) is 4.70. The Morgan fingerprint density at radius 3 is 2.76 bits per heavy atom. The van der Waals surface area contributed by atoms with Gasteiger partial charge in [0.1, 0.15) is 16.8 Å². The largest absolute Gasteiger partial charge is 0.467 e. The highest BCUT2D eigenvalue weighted by atomic mass is 32.2. The zero-order valence-electron chi connectivity index (χ0n) is 15.5. The lowest BCUT2D eigenvalue weighted by Crippen LogP contribution is -2.42. The van der Waals surface area contributed by atoms with Gasteiger partial charge in [-0.3, -0.25) is 10.1 Å². The van der Waals surface area contributed by atoms with Gasteiger partial charge in [0.25, 0.3) is 5.91 Å². The van der Waals surface area contributed by atoms with Crippen LogP contribution in [0, 0.1) is 0 Å². The number of furan rings is 1. The van der Waals surface area contributed by atoms with Gasteiger partial charge in [0, 0.05) is 14.1 Å². The van der Waals surface area contributed by atoms with Crippen LogP contribution in [0.3, 0.4) is 0 Å². The second-order valence-corrected chi connectivity index (χ2v) is 8.14. The molecular formula is C16H18N6O6S. The number of benzene rings is 1. The van der Waals surface area contributed by atoms with Crippen molar-refractivity contribution in [3.63, 3.8) is 0 Å². The summed E-state index contributed by atoms with van der Waals surface area (Å²) in [5, 5.41) is 12.1. The normalized spacial score (nSPS) is 11.6. The average Bonchev–Trinajstić information content (AvgIpc) is 3.33. The van der Waals surface area contributed by atoms with Crippen molar-refractivity contribution in [3.05, 3.63) is 42.4 Å². The topological polar surface area (TPSA) is 149 Å². The predicted molar refractivity (Wildman–Crippen MR) is 98.9 cm³/mol. The van der Waals surface area contributed by atoms with E-state index in [1.54, 1.807) is 12.1 Å². The lowest BCUT2D eigenvalue weighted by Gasteiger charge is -2.11. The summed E-state index contributed by atoms with van der Waals surface area (Å²) in [6.07, 6.45) is 1.46. The van der Waals surface area contributed by atoms with Crippen molar-refractivity contribution in [1.29, 1.82) is 0 Å². The molecule has 0 spiro atoms. The molecule has 0 aliphatic rings. The van der Waals surface area contributed by atoms with Gasteiger partial charge in [0.05, 0.1) is 17.7 Å². The number of amides is 3. The van der Waals surface area contributed by atoms with Crippen molar-refractivity contribution < 1.29 is 27.3 Å². The Labute approximate surface area is 165 Å². The smallest absolute Gasteiger partial charge is 0.321 e. The first-order valence-electron chi connectivity index (χ1n) is 8.29. The monoisotopic (exact) mass is 422 g/mol. The number of carbonyl (C=O) groups excluding carboxylic acids is 2. The molecular weight excluding hydrogens is 404 g/mol. The van der Waals surface area contributed by atoms with E-state index in [-0.39, 0.29) is 17.0 Å². The Balaban J connectivity index is 1.61. The maximum atomic E-state index is 12.3.